The predicted octanol–water partition coefficient (Wildman–Crippen LogP) is 1.87. The summed E-state index contributed by atoms with van der Waals surface area (Å²) in [6, 6.07) is 2.75. The Hall–Kier alpha value is -1.46. The number of likely N-dealkylation sites (N-methyl/N-ethyl adjacent to an activating group) is 1. The maximum Gasteiger partial charge on any atom is 0.340 e. The molecule has 7 heteroatoms. The van der Waals surface area contributed by atoms with E-state index < -0.39 is 11.9 Å². The van der Waals surface area contributed by atoms with Crippen molar-refractivity contribution >= 4 is 40.8 Å². The SMILES string of the molecule is CCNC(=O)COC(=O)c1cc(Cl)cc(Cl)c1N. The van der Waals surface area contributed by atoms with Crippen LogP contribution in [0.5, 0.6) is 0 Å². The monoisotopic (exact) mass is 290 g/mol. The van der Waals surface area contributed by atoms with Crippen LogP contribution in [-0.4, -0.2) is 25.0 Å². The Morgan fingerprint density at radius 2 is 2.06 bits per heavy atom. The zero-order chi connectivity index (χ0) is 13.7. The van der Waals surface area contributed by atoms with Gasteiger partial charge >= 0.3 is 5.97 Å². The second kappa shape index (κ2) is 6.47. The van der Waals surface area contributed by atoms with Crippen molar-refractivity contribution in [3.63, 3.8) is 0 Å². The number of amides is 1. The van der Waals surface area contributed by atoms with Crippen molar-refractivity contribution in [2.24, 2.45) is 0 Å². The number of benzene rings is 1. The number of esters is 1. The summed E-state index contributed by atoms with van der Waals surface area (Å²) in [6.45, 7) is 1.84. The first-order valence-corrected chi connectivity index (χ1v) is 5.89. The lowest BCUT2D eigenvalue weighted by Gasteiger charge is -2.08. The van der Waals surface area contributed by atoms with Crippen LogP contribution < -0.4 is 11.1 Å². The fourth-order valence-electron chi connectivity index (χ4n) is 1.21. The summed E-state index contributed by atoms with van der Waals surface area (Å²) in [5, 5.41) is 2.91. The average molecular weight is 291 g/mol. The van der Waals surface area contributed by atoms with Gasteiger partial charge in [0.2, 0.25) is 0 Å². The Balaban J connectivity index is 2.76. The molecule has 0 atom stereocenters. The molecule has 0 aromatic heterocycles. The van der Waals surface area contributed by atoms with Crippen LogP contribution in [0.2, 0.25) is 10.0 Å². The number of carbonyl (C=O) groups is 2. The summed E-state index contributed by atoms with van der Waals surface area (Å²) in [5.74, 6) is -1.14. The zero-order valence-corrected chi connectivity index (χ0v) is 11.1. The van der Waals surface area contributed by atoms with E-state index >= 15 is 0 Å². The van der Waals surface area contributed by atoms with E-state index in [9.17, 15) is 9.59 Å². The molecule has 1 aromatic carbocycles. The quantitative estimate of drug-likeness (QED) is 0.655. The van der Waals surface area contributed by atoms with E-state index in [0.29, 0.717) is 6.54 Å². The number of rotatable bonds is 4. The third-order valence-corrected chi connectivity index (χ3v) is 2.55. The van der Waals surface area contributed by atoms with Crippen molar-refractivity contribution in [2.75, 3.05) is 18.9 Å². The molecule has 98 valence electrons. The van der Waals surface area contributed by atoms with Crippen LogP contribution in [0, 0.1) is 0 Å². The molecule has 0 radical (unpaired) electrons. The number of halogens is 2. The third kappa shape index (κ3) is 3.78. The summed E-state index contributed by atoms with van der Waals surface area (Å²) in [5.41, 5.74) is 5.74. The topological polar surface area (TPSA) is 81.4 Å². The van der Waals surface area contributed by atoms with Crippen molar-refractivity contribution in [3.05, 3.63) is 27.7 Å². The van der Waals surface area contributed by atoms with Gasteiger partial charge in [0, 0.05) is 11.6 Å². The molecule has 5 nitrogen and oxygen atoms in total. The molecule has 0 spiro atoms. The van der Waals surface area contributed by atoms with Crippen molar-refractivity contribution in [1.82, 2.24) is 5.32 Å². The van der Waals surface area contributed by atoms with Crippen molar-refractivity contribution in [2.45, 2.75) is 6.92 Å². The third-order valence-electron chi connectivity index (χ3n) is 2.02. The van der Waals surface area contributed by atoms with Crippen molar-refractivity contribution in [1.29, 1.82) is 0 Å². The lowest BCUT2D eigenvalue weighted by Crippen LogP contribution is -2.28. The van der Waals surface area contributed by atoms with E-state index in [2.05, 4.69) is 5.32 Å². The first-order valence-electron chi connectivity index (χ1n) is 5.14. The standard InChI is InChI=1S/C11H12Cl2N2O3/c1-2-15-9(16)5-18-11(17)7-3-6(12)4-8(13)10(7)14/h3-4H,2,5,14H2,1H3,(H,15,16). The first-order chi connectivity index (χ1) is 8.45. The van der Waals surface area contributed by atoms with E-state index in [1.807, 2.05) is 0 Å². The van der Waals surface area contributed by atoms with Crippen LogP contribution in [0.15, 0.2) is 12.1 Å². The molecule has 1 amide bonds. The van der Waals surface area contributed by atoms with Crippen LogP contribution in [0.4, 0.5) is 5.69 Å². The number of nitrogens with one attached hydrogen (secondary N) is 1. The summed E-state index contributed by atoms with van der Waals surface area (Å²) in [6.07, 6.45) is 0. The van der Waals surface area contributed by atoms with Crippen molar-refractivity contribution in [3.8, 4) is 0 Å². The van der Waals surface area contributed by atoms with Crippen LogP contribution in [0.3, 0.4) is 0 Å². The highest BCUT2D eigenvalue weighted by Gasteiger charge is 2.16. The van der Waals surface area contributed by atoms with Gasteiger partial charge in [-0.25, -0.2) is 4.79 Å². The Kier molecular flexibility index (Phi) is 5.25. The highest BCUT2D eigenvalue weighted by atomic mass is 35.5. The number of carbonyl (C=O) groups excluding carboxylic acids is 2. The highest BCUT2D eigenvalue weighted by Crippen LogP contribution is 2.27. The Morgan fingerprint density at radius 1 is 1.39 bits per heavy atom. The molecule has 0 aliphatic carbocycles. The van der Waals surface area contributed by atoms with Gasteiger partial charge in [-0.05, 0) is 19.1 Å². The molecule has 1 rings (SSSR count). The normalized spacial score (nSPS) is 9.94. The minimum absolute atomic E-state index is 0.0387. The van der Waals surface area contributed by atoms with Gasteiger partial charge in [-0.3, -0.25) is 4.79 Å². The molecule has 0 unspecified atom stereocenters. The summed E-state index contributed by atoms with van der Waals surface area (Å²) >= 11 is 11.5. The second-order valence-corrected chi connectivity index (χ2v) is 4.22. The van der Waals surface area contributed by atoms with Gasteiger partial charge in [0.25, 0.3) is 5.91 Å². The summed E-state index contributed by atoms with van der Waals surface area (Å²) in [7, 11) is 0. The Labute approximate surface area is 114 Å². The van der Waals surface area contributed by atoms with E-state index in [1.165, 1.54) is 12.1 Å². The molecule has 3 N–H and O–H groups in total. The fraction of sp³-hybridized carbons (Fsp3) is 0.273. The number of nitrogens with two attached hydrogens (primary N) is 1. The minimum Gasteiger partial charge on any atom is -0.452 e. The molecule has 0 saturated heterocycles. The number of anilines is 1. The number of nitrogen functional groups attached to an aromatic ring is 1. The first kappa shape index (κ1) is 14.6. The lowest BCUT2D eigenvalue weighted by molar-refractivity contribution is -0.124. The number of hydrogen-bond acceptors (Lipinski definition) is 4. The van der Waals surface area contributed by atoms with Crippen LogP contribution in [0.25, 0.3) is 0 Å². The average Bonchev–Trinajstić information content (AvgIpc) is 2.31. The molecule has 1 aromatic rings. The van der Waals surface area contributed by atoms with E-state index in [1.54, 1.807) is 6.92 Å². The number of ether oxygens (including phenoxy) is 1. The lowest BCUT2D eigenvalue weighted by atomic mass is 10.2. The van der Waals surface area contributed by atoms with E-state index in [4.69, 9.17) is 33.7 Å². The van der Waals surface area contributed by atoms with E-state index in [-0.39, 0.29) is 27.9 Å². The van der Waals surface area contributed by atoms with Crippen LogP contribution >= 0.6 is 23.2 Å². The molecule has 0 heterocycles. The molecule has 0 fully saturated rings. The zero-order valence-electron chi connectivity index (χ0n) is 9.63. The van der Waals surface area contributed by atoms with Gasteiger partial charge in [-0.1, -0.05) is 23.2 Å². The smallest absolute Gasteiger partial charge is 0.340 e. The minimum atomic E-state index is -0.747. The Morgan fingerprint density at radius 3 is 2.67 bits per heavy atom. The maximum absolute atomic E-state index is 11.7. The van der Waals surface area contributed by atoms with Gasteiger partial charge in [0.05, 0.1) is 16.3 Å². The fourth-order valence-corrected chi connectivity index (χ4v) is 1.70. The van der Waals surface area contributed by atoms with Gasteiger partial charge in [-0.15, -0.1) is 0 Å². The molecule has 0 saturated carbocycles. The van der Waals surface area contributed by atoms with Gasteiger partial charge < -0.3 is 15.8 Å². The molecule has 0 aliphatic rings. The Bertz CT molecular complexity index is 478. The summed E-state index contributed by atoms with van der Waals surface area (Å²) < 4.78 is 4.78. The van der Waals surface area contributed by atoms with Gasteiger partial charge in [0.15, 0.2) is 6.61 Å². The van der Waals surface area contributed by atoms with Crippen LogP contribution in [-0.2, 0) is 9.53 Å². The predicted molar refractivity (Wildman–Crippen MR) is 69.8 cm³/mol. The molecule has 0 bridgehead atoms. The molecular weight excluding hydrogens is 279 g/mol. The molecule has 0 aliphatic heterocycles. The molecular formula is C11H12Cl2N2O3. The second-order valence-electron chi connectivity index (χ2n) is 3.38. The molecule has 18 heavy (non-hydrogen) atoms. The number of hydrogen-bond donors (Lipinski definition) is 2. The van der Waals surface area contributed by atoms with Gasteiger partial charge in [0.1, 0.15) is 0 Å². The van der Waals surface area contributed by atoms with E-state index in [0.717, 1.165) is 0 Å². The van der Waals surface area contributed by atoms with Crippen molar-refractivity contribution < 1.29 is 14.3 Å². The largest absolute Gasteiger partial charge is 0.452 e. The van der Waals surface area contributed by atoms with Crippen LogP contribution in [0.1, 0.15) is 17.3 Å². The highest BCUT2D eigenvalue weighted by molar-refractivity contribution is 6.37. The van der Waals surface area contributed by atoms with Gasteiger partial charge in [-0.2, -0.15) is 0 Å². The maximum atomic E-state index is 11.7. The summed E-state index contributed by atoms with van der Waals surface area (Å²) in [4.78, 5) is 22.8.